The number of piperidine rings is 1. The van der Waals surface area contributed by atoms with Crippen LogP contribution in [0.3, 0.4) is 0 Å². The summed E-state index contributed by atoms with van der Waals surface area (Å²) in [4.78, 5) is 42.7. The first-order chi connectivity index (χ1) is 18.7. The minimum Gasteiger partial charge on any atom is -0.549 e. The van der Waals surface area contributed by atoms with E-state index in [1.165, 1.54) is 25.7 Å². The molecule has 9 heteroatoms. The normalized spacial score (nSPS) is 36.2. The molecule has 1 N–H and O–H groups in total. The van der Waals surface area contributed by atoms with Crippen molar-refractivity contribution < 1.29 is 19.5 Å². The lowest BCUT2D eigenvalue weighted by atomic mass is 9.67. The summed E-state index contributed by atoms with van der Waals surface area (Å²) in [5.41, 5.74) is 0. The lowest BCUT2D eigenvalue weighted by molar-refractivity contribution is -0.311. The van der Waals surface area contributed by atoms with Crippen molar-refractivity contribution in [2.24, 2.45) is 23.7 Å². The molecule has 7 nitrogen and oxygen atoms in total. The third-order valence-corrected chi connectivity index (χ3v) is 10.6. The zero-order chi connectivity index (χ0) is 28.1. The molecular weight excluding hydrogens is 537 g/mol. The lowest BCUT2D eigenvalue weighted by Gasteiger charge is -2.50. The molecule has 1 aliphatic heterocycles. The Bertz CT molecular complexity index is 836. The van der Waals surface area contributed by atoms with Crippen LogP contribution in [0.1, 0.15) is 84.5 Å². The maximum Gasteiger partial charge on any atom is 0.147 e. The zero-order valence-corrected chi connectivity index (χ0v) is 25.3. The van der Waals surface area contributed by atoms with Gasteiger partial charge in [0.2, 0.25) is 0 Å². The largest absolute Gasteiger partial charge is 0.549 e. The summed E-state index contributed by atoms with van der Waals surface area (Å²) in [7, 11) is 0. The van der Waals surface area contributed by atoms with Gasteiger partial charge in [-0.3, -0.25) is 19.4 Å². The summed E-state index contributed by atoms with van der Waals surface area (Å²) in [6.45, 7) is 6.10. The number of fused-ring (bicyclic) bond motifs is 1. The van der Waals surface area contributed by atoms with Gasteiger partial charge in [0, 0.05) is 79.4 Å². The molecule has 0 radical (unpaired) electrons. The number of Topliss-reactive ketones (excluding diaryl/α,β-unsaturated/α-hetero) is 2. The maximum atomic E-state index is 13.6. The summed E-state index contributed by atoms with van der Waals surface area (Å²) in [5, 5.41) is 15.5. The number of nitrogens with one attached hydrogen (secondary N) is 1. The highest BCUT2D eigenvalue weighted by Gasteiger charge is 2.48. The van der Waals surface area contributed by atoms with Crippen molar-refractivity contribution in [2.45, 2.75) is 115 Å². The van der Waals surface area contributed by atoms with E-state index in [9.17, 15) is 19.5 Å². The van der Waals surface area contributed by atoms with Crippen LogP contribution in [0.15, 0.2) is 0 Å². The average molecular weight is 586 g/mol. The van der Waals surface area contributed by atoms with Crippen LogP contribution in [-0.4, -0.2) is 88.9 Å². The summed E-state index contributed by atoms with van der Waals surface area (Å²) in [6, 6.07) is 1.72. The highest BCUT2D eigenvalue weighted by Crippen LogP contribution is 2.41. The molecule has 1 saturated heterocycles. The van der Waals surface area contributed by atoms with Crippen molar-refractivity contribution in [1.82, 2.24) is 15.1 Å². The maximum absolute atomic E-state index is 13.6. The number of aliphatic carboxylic acids is 1. The Morgan fingerprint density at radius 3 is 2.03 bits per heavy atom. The van der Waals surface area contributed by atoms with Crippen molar-refractivity contribution in [3.63, 3.8) is 0 Å². The number of halogens is 2. The fourth-order valence-electron chi connectivity index (χ4n) is 8.10. The van der Waals surface area contributed by atoms with E-state index >= 15 is 0 Å². The first kappa shape index (κ1) is 31.2. The van der Waals surface area contributed by atoms with Crippen molar-refractivity contribution in [2.75, 3.05) is 31.4 Å². The van der Waals surface area contributed by atoms with Gasteiger partial charge in [0.25, 0.3) is 0 Å². The third-order valence-electron chi connectivity index (χ3n) is 10.3. The summed E-state index contributed by atoms with van der Waals surface area (Å²) in [6.07, 6.45) is 10.7. The number of hydrogen-bond acceptors (Lipinski definition) is 7. The van der Waals surface area contributed by atoms with Gasteiger partial charge in [-0.15, -0.1) is 23.2 Å². The standard InChI is InChI=1S/C30H49Cl2N3O4/c1-19(2)35-18-26(30(38)39)29(37)25-12-5-21(17-27(25)35)28(36)20-3-6-22(7-4-20)33-23-8-10-24(11-9-23)34(15-13-31)16-14-32/h19-27,33H,3-18H2,1-2H3,(H,38,39)/p-1. The SMILES string of the molecule is CC(C)N1CC(C(=O)[O-])C(=O)C2CCC(C(=O)C3CCC(NC4CCC(N(CCCl)CCCl)CC4)CC3)CC21. The minimum absolute atomic E-state index is 0.0199. The molecule has 4 fully saturated rings. The van der Waals surface area contributed by atoms with E-state index in [4.69, 9.17) is 23.2 Å². The van der Waals surface area contributed by atoms with Crippen molar-refractivity contribution in [1.29, 1.82) is 0 Å². The Morgan fingerprint density at radius 2 is 1.49 bits per heavy atom. The number of carbonyl (C=O) groups is 3. The second-order valence-corrected chi connectivity index (χ2v) is 13.5. The molecular formula is C30H48Cl2N3O4-. The van der Waals surface area contributed by atoms with Crippen LogP contribution < -0.4 is 10.4 Å². The molecule has 0 amide bonds. The van der Waals surface area contributed by atoms with Crippen LogP contribution in [0.25, 0.3) is 0 Å². The molecule has 4 atom stereocenters. The van der Waals surface area contributed by atoms with Gasteiger partial charge in [-0.2, -0.15) is 0 Å². The highest BCUT2D eigenvalue weighted by molar-refractivity contribution is 6.18. The zero-order valence-electron chi connectivity index (χ0n) is 23.8. The molecule has 4 unspecified atom stereocenters. The molecule has 4 rings (SSSR count). The Morgan fingerprint density at radius 1 is 0.923 bits per heavy atom. The Labute approximate surface area is 244 Å². The second-order valence-electron chi connectivity index (χ2n) is 12.8. The van der Waals surface area contributed by atoms with E-state index in [0.29, 0.717) is 54.9 Å². The van der Waals surface area contributed by atoms with Gasteiger partial charge in [-0.1, -0.05) is 0 Å². The number of nitrogens with zero attached hydrogens (tertiary/aromatic N) is 2. The number of rotatable bonds is 11. The smallest absolute Gasteiger partial charge is 0.147 e. The molecule has 0 spiro atoms. The highest BCUT2D eigenvalue weighted by atomic mass is 35.5. The quantitative estimate of drug-likeness (QED) is 0.294. The number of likely N-dealkylation sites (tertiary alicyclic amines) is 1. The fourth-order valence-corrected chi connectivity index (χ4v) is 8.53. The number of hydrogen-bond donors (Lipinski definition) is 1. The molecule has 39 heavy (non-hydrogen) atoms. The van der Waals surface area contributed by atoms with Crippen LogP contribution in [0, 0.1) is 23.7 Å². The van der Waals surface area contributed by atoms with Gasteiger partial charge in [0.1, 0.15) is 11.6 Å². The third kappa shape index (κ3) is 7.57. The van der Waals surface area contributed by atoms with Crippen molar-refractivity contribution in [3.05, 3.63) is 0 Å². The predicted octanol–water partition coefficient (Wildman–Crippen LogP) is 3.24. The first-order valence-corrected chi connectivity index (χ1v) is 16.5. The van der Waals surface area contributed by atoms with Gasteiger partial charge < -0.3 is 15.2 Å². The van der Waals surface area contributed by atoms with Gasteiger partial charge >= 0.3 is 0 Å². The van der Waals surface area contributed by atoms with Crippen LogP contribution >= 0.6 is 23.2 Å². The average Bonchev–Trinajstić information content (AvgIpc) is 2.93. The van der Waals surface area contributed by atoms with Gasteiger partial charge in [-0.05, 0) is 84.5 Å². The molecule has 0 aromatic heterocycles. The van der Waals surface area contributed by atoms with Gasteiger partial charge in [0.15, 0.2) is 0 Å². The molecule has 3 saturated carbocycles. The first-order valence-electron chi connectivity index (χ1n) is 15.4. The molecule has 3 aliphatic carbocycles. The lowest BCUT2D eigenvalue weighted by Crippen LogP contribution is -2.61. The van der Waals surface area contributed by atoms with Crippen LogP contribution in [0.2, 0.25) is 0 Å². The Kier molecular flexibility index (Phi) is 11.6. The van der Waals surface area contributed by atoms with E-state index < -0.39 is 11.9 Å². The Hall–Kier alpha value is -0.730. The van der Waals surface area contributed by atoms with Crippen molar-refractivity contribution in [3.8, 4) is 0 Å². The number of carboxylic acid groups (broad SMARTS) is 1. The molecule has 1 heterocycles. The second kappa shape index (κ2) is 14.4. The van der Waals surface area contributed by atoms with E-state index in [0.717, 1.165) is 38.8 Å². The number of ketones is 2. The predicted molar refractivity (Wildman–Crippen MR) is 153 cm³/mol. The fraction of sp³-hybridized carbons (Fsp3) is 0.900. The molecule has 0 aromatic rings. The summed E-state index contributed by atoms with van der Waals surface area (Å²) in [5.74, 6) is -1.02. The monoisotopic (exact) mass is 584 g/mol. The van der Waals surface area contributed by atoms with Gasteiger partial charge in [0.05, 0.1) is 11.9 Å². The summed E-state index contributed by atoms with van der Waals surface area (Å²) < 4.78 is 0. The van der Waals surface area contributed by atoms with Crippen LogP contribution in [0.4, 0.5) is 0 Å². The van der Waals surface area contributed by atoms with E-state index in [1.54, 1.807) is 0 Å². The molecule has 0 bridgehead atoms. The van der Waals surface area contributed by atoms with Crippen LogP contribution in [-0.2, 0) is 14.4 Å². The van der Waals surface area contributed by atoms with E-state index in [2.05, 4.69) is 15.1 Å². The number of carboxylic acids is 1. The van der Waals surface area contributed by atoms with Gasteiger partial charge in [-0.25, -0.2) is 0 Å². The van der Waals surface area contributed by atoms with Crippen molar-refractivity contribution >= 4 is 40.7 Å². The molecule has 4 aliphatic rings. The number of alkyl halides is 2. The topological polar surface area (TPSA) is 92.8 Å². The minimum atomic E-state index is -1.26. The number of carbonyl (C=O) groups excluding carboxylic acids is 3. The molecule has 222 valence electrons. The van der Waals surface area contributed by atoms with E-state index in [-0.39, 0.29) is 42.2 Å². The molecule has 0 aromatic carbocycles. The van der Waals surface area contributed by atoms with Crippen LogP contribution in [0.5, 0.6) is 0 Å². The van der Waals surface area contributed by atoms with E-state index in [1.807, 2.05) is 13.8 Å². The summed E-state index contributed by atoms with van der Waals surface area (Å²) >= 11 is 12.0. The Balaban J connectivity index is 1.24.